The molecule has 4 heteroatoms. The van der Waals surface area contributed by atoms with Crippen LogP contribution in [0.4, 0.5) is 0 Å². The Morgan fingerprint density at radius 3 is 2.04 bits per heavy atom. The lowest BCUT2D eigenvalue weighted by Gasteiger charge is -2.53. The van der Waals surface area contributed by atoms with E-state index in [1.165, 1.54) is 32.1 Å². The van der Waals surface area contributed by atoms with E-state index in [0.29, 0.717) is 11.7 Å². The molecule has 1 aromatic rings. The molecule has 1 heterocycles. The lowest BCUT2D eigenvalue weighted by molar-refractivity contribution is 0.00578. The quantitative estimate of drug-likeness (QED) is 0.506. The van der Waals surface area contributed by atoms with Crippen LogP contribution in [-0.2, 0) is 9.31 Å². The van der Waals surface area contributed by atoms with Crippen molar-refractivity contribution < 1.29 is 14.1 Å². The first kappa shape index (κ1) is 19.2. The summed E-state index contributed by atoms with van der Waals surface area (Å²) in [5.74, 6) is 1.01. The van der Waals surface area contributed by atoms with E-state index in [0.717, 1.165) is 18.4 Å². The van der Waals surface area contributed by atoms with Gasteiger partial charge in [-0.1, -0.05) is 62.4 Å². The number of Topliss-reactive ketones (excluding diaryl/α,β-unsaturated/α-hetero) is 1. The molecule has 3 nitrogen and oxygen atoms in total. The molecular weight excluding hydrogens is 335 g/mol. The van der Waals surface area contributed by atoms with E-state index >= 15 is 0 Å². The van der Waals surface area contributed by atoms with Gasteiger partial charge in [-0.3, -0.25) is 4.79 Å². The maximum absolute atomic E-state index is 13.0. The zero-order valence-corrected chi connectivity index (χ0v) is 17.3. The van der Waals surface area contributed by atoms with Crippen molar-refractivity contribution in [3.05, 3.63) is 35.9 Å². The third kappa shape index (κ3) is 3.19. The Labute approximate surface area is 164 Å². The predicted octanol–water partition coefficient (Wildman–Crippen LogP) is 5.69. The van der Waals surface area contributed by atoms with Gasteiger partial charge in [0.05, 0.1) is 11.2 Å². The second kappa shape index (κ2) is 6.74. The van der Waals surface area contributed by atoms with E-state index in [4.69, 9.17) is 9.31 Å². The highest BCUT2D eigenvalue weighted by molar-refractivity contribution is 6.50. The van der Waals surface area contributed by atoms with Crippen molar-refractivity contribution in [3.63, 3.8) is 0 Å². The summed E-state index contributed by atoms with van der Waals surface area (Å²) in [5.41, 5.74) is 0.218. The summed E-state index contributed by atoms with van der Waals surface area (Å²) >= 11 is 0. The van der Waals surface area contributed by atoms with Crippen molar-refractivity contribution in [2.24, 2.45) is 11.8 Å². The van der Waals surface area contributed by atoms with Gasteiger partial charge >= 0.3 is 7.12 Å². The van der Waals surface area contributed by atoms with Crippen LogP contribution in [0.5, 0.6) is 0 Å². The van der Waals surface area contributed by atoms with Gasteiger partial charge in [0.25, 0.3) is 0 Å². The summed E-state index contributed by atoms with van der Waals surface area (Å²) in [5, 5.41) is 0.000563. The van der Waals surface area contributed by atoms with Crippen molar-refractivity contribution in [2.45, 2.75) is 89.2 Å². The molecule has 0 radical (unpaired) electrons. The predicted molar refractivity (Wildman–Crippen MR) is 109 cm³/mol. The third-order valence-electron chi connectivity index (χ3n) is 7.82. The van der Waals surface area contributed by atoms with E-state index in [2.05, 4.69) is 27.7 Å². The molecule has 0 spiro atoms. The Kier molecular flexibility index (Phi) is 4.79. The number of carbonyl (C=O) groups is 1. The summed E-state index contributed by atoms with van der Waals surface area (Å²) in [6.07, 6.45) is 8.23. The molecule has 3 fully saturated rings. The van der Waals surface area contributed by atoms with Gasteiger partial charge < -0.3 is 9.31 Å². The second-order valence-electron chi connectivity index (χ2n) is 9.99. The van der Waals surface area contributed by atoms with Crippen LogP contribution in [0.15, 0.2) is 30.3 Å². The van der Waals surface area contributed by atoms with Crippen LogP contribution in [0.2, 0.25) is 5.31 Å². The maximum atomic E-state index is 13.0. The SMILES string of the molecule is CC1(C)OB(C2(C3CCCCC3)CC(C(=O)c3ccccc3)C2)OC1(C)C. The highest BCUT2D eigenvalue weighted by atomic mass is 16.7. The molecule has 0 amide bonds. The van der Waals surface area contributed by atoms with E-state index < -0.39 is 0 Å². The molecule has 0 aromatic heterocycles. The highest BCUT2D eigenvalue weighted by Gasteiger charge is 2.66. The number of rotatable bonds is 4. The van der Waals surface area contributed by atoms with Crippen molar-refractivity contribution in [2.75, 3.05) is 0 Å². The van der Waals surface area contributed by atoms with Gasteiger partial charge in [0.15, 0.2) is 5.78 Å². The molecular formula is C23H33BO3. The number of hydrogen-bond donors (Lipinski definition) is 0. The van der Waals surface area contributed by atoms with E-state index in [1.54, 1.807) is 0 Å². The minimum atomic E-state index is -0.312. The van der Waals surface area contributed by atoms with Crippen molar-refractivity contribution >= 4 is 12.9 Å². The van der Waals surface area contributed by atoms with E-state index in [-0.39, 0.29) is 29.6 Å². The topological polar surface area (TPSA) is 35.5 Å². The molecule has 27 heavy (non-hydrogen) atoms. The monoisotopic (exact) mass is 368 g/mol. The van der Waals surface area contributed by atoms with Gasteiger partial charge in [-0.15, -0.1) is 0 Å². The number of carbonyl (C=O) groups excluding carboxylic acids is 1. The standard InChI is InChI=1S/C23H33BO3/c1-21(2)22(3,4)27-24(26-21)23(19-13-9-6-10-14-19)15-18(16-23)20(25)17-11-7-5-8-12-17/h5,7-8,11-12,18-19H,6,9-10,13-16H2,1-4H3. The first-order chi connectivity index (χ1) is 12.8. The third-order valence-corrected chi connectivity index (χ3v) is 7.82. The van der Waals surface area contributed by atoms with E-state index in [1.807, 2.05) is 30.3 Å². The minimum absolute atomic E-state index is 0.000563. The Morgan fingerprint density at radius 2 is 1.48 bits per heavy atom. The van der Waals surface area contributed by atoms with Crippen LogP contribution >= 0.6 is 0 Å². The summed E-state index contributed by atoms with van der Waals surface area (Å²) in [6, 6.07) is 9.76. The number of benzene rings is 1. The molecule has 0 N–H and O–H groups in total. The smallest absolute Gasteiger partial charge is 0.403 e. The van der Waals surface area contributed by atoms with Gasteiger partial charge in [0.1, 0.15) is 0 Å². The van der Waals surface area contributed by atoms with Crippen LogP contribution in [0.25, 0.3) is 0 Å². The Balaban J connectivity index is 1.56. The van der Waals surface area contributed by atoms with Crippen molar-refractivity contribution in [1.82, 2.24) is 0 Å². The fourth-order valence-corrected chi connectivity index (χ4v) is 5.35. The van der Waals surface area contributed by atoms with Gasteiger partial charge in [0.2, 0.25) is 0 Å². The van der Waals surface area contributed by atoms with Crippen molar-refractivity contribution in [1.29, 1.82) is 0 Å². The van der Waals surface area contributed by atoms with Gasteiger partial charge in [0, 0.05) is 16.8 Å². The second-order valence-corrected chi connectivity index (χ2v) is 9.99. The molecule has 3 aliphatic rings. The fourth-order valence-electron chi connectivity index (χ4n) is 5.35. The van der Waals surface area contributed by atoms with Crippen LogP contribution in [-0.4, -0.2) is 24.1 Å². The Morgan fingerprint density at radius 1 is 0.926 bits per heavy atom. The van der Waals surface area contributed by atoms with E-state index in [9.17, 15) is 4.79 Å². The fraction of sp³-hybridized carbons (Fsp3) is 0.696. The summed E-state index contributed by atoms with van der Waals surface area (Å²) in [4.78, 5) is 13.0. The van der Waals surface area contributed by atoms with Crippen molar-refractivity contribution in [3.8, 4) is 0 Å². The molecule has 0 unspecified atom stereocenters. The number of ketones is 1. The number of hydrogen-bond acceptors (Lipinski definition) is 3. The van der Waals surface area contributed by atoms with Crippen LogP contribution in [0.1, 0.15) is 83.0 Å². The van der Waals surface area contributed by atoms with Gasteiger partial charge in [-0.05, 0) is 46.5 Å². The van der Waals surface area contributed by atoms with Crippen LogP contribution in [0.3, 0.4) is 0 Å². The zero-order valence-electron chi connectivity index (χ0n) is 17.3. The normalized spacial score (nSPS) is 32.9. The molecule has 2 saturated carbocycles. The molecule has 4 rings (SSSR count). The Hall–Kier alpha value is -1.13. The maximum Gasteiger partial charge on any atom is 0.464 e. The molecule has 1 saturated heterocycles. The summed E-state index contributed by atoms with van der Waals surface area (Å²) in [7, 11) is -0.189. The molecule has 2 aliphatic carbocycles. The Bertz CT molecular complexity index is 669. The minimum Gasteiger partial charge on any atom is -0.403 e. The lowest BCUT2D eigenvalue weighted by Crippen LogP contribution is -2.52. The summed E-state index contributed by atoms with van der Waals surface area (Å²) in [6.45, 7) is 8.53. The average molecular weight is 368 g/mol. The first-order valence-electron chi connectivity index (χ1n) is 10.7. The molecule has 0 atom stereocenters. The first-order valence-corrected chi connectivity index (χ1v) is 10.7. The largest absolute Gasteiger partial charge is 0.464 e. The molecule has 146 valence electrons. The molecule has 1 aliphatic heterocycles. The zero-order chi connectivity index (χ0) is 19.3. The average Bonchev–Trinajstić information content (AvgIpc) is 2.83. The molecule has 1 aromatic carbocycles. The summed E-state index contributed by atoms with van der Waals surface area (Å²) < 4.78 is 13.0. The van der Waals surface area contributed by atoms with Gasteiger partial charge in [-0.25, -0.2) is 0 Å². The lowest BCUT2D eigenvalue weighted by atomic mass is 9.37. The highest BCUT2D eigenvalue weighted by Crippen LogP contribution is 2.65. The van der Waals surface area contributed by atoms with Crippen LogP contribution in [0, 0.1) is 11.8 Å². The van der Waals surface area contributed by atoms with Gasteiger partial charge in [-0.2, -0.15) is 0 Å². The molecule has 0 bridgehead atoms. The van der Waals surface area contributed by atoms with Crippen LogP contribution < -0.4 is 0 Å².